The van der Waals surface area contributed by atoms with Gasteiger partial charge in [-0.15, -0.1) is 0 Å². The van der Waals surface area contributed by atoms with E-state index in [2.05, 4.69) is 90.1 Å². The maximum absolute atomic E-state index is 11.8. The third-order valence-electron chi connectivity index (χ3n) is 8.45. The van der Waals surface area contributed by atoms with Gasteiger partial charge >= 0.3 is 142 Å². The summed E-state index contributed by atoms with van der Waals surface area (Å²) in [5, 5.41) is 0. The fourth-order valence-corrected chi connectivity index (χ4v) is 10.3. The van der Waals surface area contributed by atoms with Gasteiger partial charge in [-0.3, -0.25) is 4.79 Å². The number of carbonyl (C=O) groups excluding carboxylic acids is 1. The number of rotatable bonds is 4. The average molecular weight is 613 g/mol. The van der Waals surface area contributed by atoms with Gasteiger partial charge in [0.25, 0.3) is 0 Å². The van der Waals surface area contributed by atoms with Crippen molar-refractivity contribution >= 4 is 45.4 Å². The quantitative estimate of drug-likeness (QED) is 0.463. The predicted molar refractivity (Wildman–Crippen MR) is 148 cm³/mol. The molecule has 0 spiro atoms. The summed E-state index contributed by atoms with van der Waals surface area (Å²) in [6.45, 7) is 17.5. The second-order valence-corrected chi connectivity index (χ2v) is 19.3. The molecule has 0 aromatic heterocycles. The van der Waals surface area contributed by atoms with Gasteiger partial charge in [-0.05, 0) is 24.2 Å². The Kier molecular flexibility index (Phi) is 8.36. The molecule has 2 fully saturated rings. The minimum atomic E-state index is -4.33. The zero-order chi connectivity index (χ0) is 27.2. The molecule has 2 aromatic carbocycles. The van der Waals surface area contributed by atoms with E-state index in [0.717, 1.165) is 6.42 Å². The number of benzene rings is 2. The van der Waals surface area contributed by atoms with Gasteiger partial charge in [0.15, 0.2) is 0 Å². The summed E-state index contributed by atoms with van der Waals surface area (Å²) in [6, 6.07) is 18.6. The maximum Gasteiger partial charge on any atom is 0.140 e. The number of fused-ring (bicyclic) bond motifs is 2. The Labute approximate surface area is 229 Å². The summed E-state index contributed by atoms with van der Waals surface area (Å²) in [6.07, 6.45) is 1.88. The molecule has 4 nitrogen and oxygen atoms in total. The fourth-order valence-electron chi connectivity index (χ4n) is 5.76. The van der Waals surface area contributed by atoms with Crippen LogP contribution in [0.4, 0.5) is 0 Å². The van der Waals surface area contributed by atoms with Crippen LogP contribution in [0.1, 0.15) is 85.8 Å². The molecule has 0 radical (unpaired) electrons. The largest absolute Gasteiger partial charge is 0.748 e. The Morgan fingerprint density at radius 2 is 1.28 bits per heavy atom. The molecule has 36 heavy (non-hydrogen) atoms. The van der Waals surface area contributed by atoms with Crippen molar-refractivity contribution in [1.82, 2.24) is 0 Å². The van der Waals surface area contributed by atoms with Crippen molar-refractivity contribution < 1.29 is 17.8 Å². The van der Waals surface area contributed by atoms with Crippen LogP contribution in [0.25, 0.3) is 0 Å². The first-order valence-electron chi connectivity index (χ1n) is 12.9. The Bertz CT molecular complexity index is 1130. The molecule has 2 aliphatic rings. The smallest absolute Gasteiger partial charge is 0.140 e. The van der Waals surface area contributed by atoms with Crippen LogP contribution >= 0.6 is 0 Å². The molecule has 194 valence electrons. The molecule has 6 heteroatoms. The number of carbonyl (C=O) groups is 1. The first-order chi connectivity index (χ1) is 16.3. The molecule has 0 amide bonds. The average Bonchev–Trinajstić information content (AvgIpc) is 3.07. The third-order valence-corrected chi connectivity index (χ3v) is 13.4. The third kappa shape index (κ3) is 6.47. The molecule has 2 unspecified atom stereocenters. The van der Waals surface area contributed by atoms with Gasteiger partial charge in [0.2, 0.25) is 0 Å². The van der Waals surface area contributed by atoms with Crippen molar-refractivity contribution in [2.24, 2.45) is 16.7 Å². The second-order valence-electron chi connectivity index (χ2n) is 13.3. The van der Waals surface area contributed by atoms with Crippen LogP contribution in [0, 0.1) is 16.7 Å². The van der Waals surface area contributed by atoms with E-state index >= 15 is 0 Å². The van der Waals surface area contributed by atoms with Crippen molar-refractivity contribution in [2.75, 3.05) is 5.75 Å². The van der Waals surface area contributed by atoms with Crippen LogP contribution in [0.2, 0.25) is 0 Å². The first kappa shape index (κ1) is 29.4. The molecule has 0 N–H and O–H groups in total. The van der Waals surface area contributed by atoms with E-state index in [1.54, 1.807) is 6.64 Å². The van der Waals surface area contributed by atoms with Crippen molar-refractivity contribution in [3.8, 4) is 0 Å². The van der Waals surface area contributed by atoms with Crippen LogP contribution in [-0.2, 0) is 25.7 Å². The van der Waals surface area contributed by atoms with E-state index < -0.39 is 44.2 Å². The number of hydrogen-bond donors (Lipinski definition) is 0. The molecule has 0 heterocycles. The second kappa shape index (κ2) is 10.2. The summed E-state index contributed by atoms with van der Waals surface area (Å²) < 4.78 is 35.8. The first-order valence-corrected chi connectivity index (χ1v) is 17.8. The summed E-state index contributed by atoms with van der Waals surface area (Å²) in [5.74, 6) is -0.280. The number of Topliss-reactive ketones (excluding diaryl/α,β-unsaturated/α-hetero) is 1. The Hall–Kier alpha value is -1.11. The molecule has 2 bridgehead atoms. The van der Waals surface area contributed by atoms with Crippen molar-refractivity contribution in [3.05, 3.63) is 59.7 Å². The van der Waals surface area contributed by atoms with Gasteiger partial charge in [0.1, 0.15) is 5.78 Å². The van der Waals surface area contributed by atoms with Gasteiger partial charge in [-0.25, -0.2) is 8.42 Å². The standard InChI is InChI=1S/C10H16O4S.2C10H13.In/c1-9(2)7-3-4-10(9,8(11)5-7)6-15(12,13)14;2*1-10(2,3)9-7-5-4-6-8-9;/h7H,3-6H2,1-2H3,(H,12,13,14);2*5-8H,1-3H3;/q;;;+1/p-1. The van der Waals surface area contributed by atoms with Crippen molar-refractivity contribution in [3.63, 3.8) is 0 Å². The molecule has 2 aliphatic carbocycles. The number of ketones is 1. The van der Waals surface area contributed by atoms with Gasteiger partial charge in [0.05, 0.1) is 15.9 Å². The van der Waals surface area contributed by atoms with E-state index in [9.17, 15) is 17.8 Å². The molecule has 0 aliphatic heterocycles. The monoisotopic (exact) mass is 612 g/mol. The predicted octanol–water partition coefficient (Wildman–Crippen LogP) is 4.86. The van der Waals surface area contributed by atoms with Gasteiger partial charge < -0.3 is 4.55 Å². The zero-order valence-corrected chi connectivity index (χ0v) is 27.3. The molecular formula is C30H41InO4S. The zero-order valence-electron chi connectivity index (χ0n) is 23.1. The Balaban J connectivity index is 0.000000212. The van der Waals surface area contributed by atoms with Crippen LogP contribution in [-0.4, -0.2) is 47.4 Å². The minimum absolute atomic E-state index is 0.0248. The van der Waals surface area contributed by atoms with Crippen molar-refractivity contribution in [2.45, 2.75) is 85.5 Å². The molecular weight excluding hydrogens is 571 g/mol. The van der Waals surface area contributed by atoms with E-state index in [1.807, 2.05) is 13.8 Å². The summed E-state index contributed by atoms with van der Waals surface area (Å²) in [4.78, 5) is 11.8. The van der Waals surface area contributed by atoms with Crippen LogP contribution in [0.15, 0.2) is 48.5 Å². The van der Waals surface area contributed by atoms with E-state index in [-0.39, 0.29) is 27.9 Å². The Morgan fingerprint density at radius 3 is 1.56 bits per heavy atom. The molecule has 2 saturated carbocycles. The van der Waals surface area contributed by atoms with Crippen LogP contribution in [0.5, 0.6) is 0 Å². The maximum atomic E-state index is 11.8. The van der Waals surface area contributed by atoms with Crippen LogP contribution < -0.4 is 6.64 Å². The van der Waals surface area contributed by atoms with Gasteiger partial charge in [-0.2, -0.15) is 0 Å². The molecule has 4 rings (SSSR count). The van der Waals surface area contributed by atoms with E-state index in [4.69, 9.17) is 0 Å². The normalized spacial score (nSPS) is 23.1. The van der Waals surface area contributed by atoms with E-state index in [1.165, 1.54) is 11.1 Å². The molecule has 2 aromatic rings. The minimum Gasteiger partial charge on any atom is -0.748 e. The Morgan fingerprint density at radius 1 is 0.861 bits per heavy atom. The van der Waals surface area contributed by atoms with Gasteiger partial charge in [0, 0.05) is 11.8 Å². The molecule has 2 atom stereocenters. The van der Waals surface area contributed by atoms with Gasteiger partial charge in [-0.1, -0.05) is 13.8 Å². The summed E-state index contributed by atoms with van der Waals surface area (Å²) in [5.41, 5.74) is 2.13. The number of hydrogen-bond acceptors (Lipinski definition) is 4. The van der Waals surface area contributed by atoms with Crippen molar-refractivity contribution in [1.29, 1.82) is 0 Å². The van der Waals surface area contributed by atoms with E-state index in [0.29, 0.717) is 12.8 Å². The SMILES string of the molecule is CC(C)(C)c1cc[c]([In+][c]2ccc(C(C)(C)C)cc2)cc1.CC1(C)C2CCC1(CS(=O)(=O)[O-])C(=O)C2. The fraction of sp³-hybridized carbons (Fsp3) is 0.567. The topological polar surface area (TPSA) is 74.3 Å². The molecule has 0 saturated heterocycles. The summed E-state index contributed by atoms with van der Waals surface area (Å²) >= 11 is -0.855. The summed E-state index contributed by atoms with van der Waals surface area (Å²) in [7, 11) is -4.33. The van der Waals surface area contributed by atoms with Crippen LogP contribution in [0.3, 0.4) is 0 Å².